The highest BCUT2D eigenvalue weighted by atomic mass is 16.4. The Balaban J connectivity index is 1.66. The minimum Gasteiger partial charge on any atom is -0.480 e. The van der Waals surface area contributed by atoms with Crippen LogP contribution < -0.4 is 10.6 Å². The largest absolute Gasteiger partial charge is 0.480 e. The Morgan fingerprint density at radius 1 is 1.00 bits per heavy atom. The highest BCUT2D eigenvalue weighted by molar-refractivity contribution is 5.90. The van der Waals surface area contributed by atoms with Crippen molar-refractivity contribution in [2.75, 3.05) is 13.1 Å². The van der Waals surface area contributed by atoms with Crippen LogP contribution in [-0.2, 0) is 9.59 Å². The van der Waals surface area contributed by atoms with Crippen molar-refractivity contribution in [1.82, 2.24) is 10.6 Å². The van der Waals surface area contributed by atoms with Gasteiger partial charge in [0.2, 0.25) is 5.91 Å². The molecular formula is C16H26N2O3. The molecule has 5 nitrogen and oxygen atoms in total. The summed E-state index contributed by atoms with van der Waals surface area (Å²) in [5, 5.41) is 15.9. The van der Waals surface area contributed by atoms with Gasteiger partial charge in [-0.15, -0.1) is 0 Å². The summed E-state index contributed by atoms with van der Waals surface area (Å²) in [7, 11) is 0. The number of carbonyl (C=O) groups is 2. The minimum absolute atomic E-state index is 0.0128. The summed E-state index contributed by atoms with van der Waals surface area (Å²) in [4.78, 5) is 24.3. The van der Waals surface area contributed by atoms with E-state index in [2.05, 4.69) is 10.6 Å². The molecule has 0 bridgehead atoms. The van der Waals surface area contributed by atoms with Gasteiger partial charge in [-0.1, -0.05) is 25.7 Å². The van der Waals surface area contributed by atoms with Crippen LogP contribution in [0.3, 0.4) is 0 Å². The van der Waals surface area contributed by atoms with Gasteiger partial charge in [-0.2, -0.15) is 0 Å². The molecule has 1 heterocycles. The van der Waals surface area contributed by atoms with Crippen molar-refractivity contribution >= 4 is 11.9 Å². The first-order valence-corrected chi connectivity index (χ1v) is 8.34. The molecule has 1 saturated heterocycles. The molecule has 3 aliphatic rings. The van der Waals surface area contributed by atoms with E-state index in [0.717, 1.165) is 58.0 Å². The second-order valence-electron chi connectivity index (χ2n) is 7.16. The van der Waals surface area contributed by atoms with Crippen LogP contribution in [0.5, 0.6) is 0 Å². The van der Waals surface area contributed by atoms with Crippen molar-refractivity contribution in [1.29, 1.82) is 0 Å². The minimum atomic E-state index is -1.01. The summed E-state index contributed by atoms with van der Waals surface area (Å²) in [6, 6.07) is 0. The lowest BCUT2D eigenvalue weighted by Crippen LogP contribution is -2.55. The highest BCUT2D eigenvalue weighted by Gasteiger charge is 2.58. The predicted octanol–water partition coefficient (Wildman–Crippen LogP) is 1.67. The lowest BCUT2D eigenvalue weighted by atomic mass is 9.88. The normalized spacial score (nSPS) is 30.4. The second kappa shape index (κ2) is 5.59. The molecule has 3 fully saturated rings. The molecule has 3 rings (SSSR count). The molecule has 1 unspecified atom stereocenters. The zero-order valence-electron chi connectivity index (χ0n) is 12.6. The number of amides is 1. The average molecular weight is 294 g/mol. The number of rotatable bonds is 3. The first kappa shape index (κ1) is 14.8. The van der Waals surface area contributed by atoms with E-state index in [0.29, 0.717) is 12.8 Å². The predicted molar refractivity (Wildman–Crippen MR) is 78.9 cm³/mol. The van der Waals surface area contributed by atoms with Gasteiger partial charge < -0.3 is 15.7 Å². The Morgan fingerprint density at radius 3 is 2.19 bits per heavy atom. The van der Waals surface area contributed by atoms with Crippen molar-refractivity contribution in [3.8, 4) is 0 Å². The monoisotopic (exact) mass is 294 g/mol. The van der Waals surface area contributed by atoms with E-state index in [1.54, 1.807) is 0 Å². The van der Waals surface area contributed by atoms with E-state index in [4.69, 9.17) is 0 Å². The Morgan fingerprint density at radius 2 is 1.62 bits per heavy atom. The third-order valence-corrected chi connectivity index (χ3v) is 5.83. The van der Waals surface area contributed by atoms with Gasteiger partial charge in [0.05, 0.1) is 0 Å². The Hall–Kier alpha value is -1.10. The molecule has 0 aromatic heterocycles. The fourth-order valence-electron chi connectivity index (χ4n) is 4.24. The maximum Gasteiger partial charge on any atom is 0.329 e. The molecule has 1 spiro atoms. The van der Waals surface area contributed by atoms with Crippen molar-refractivity contribution in [2.45, 2.75) is 63.3 Å². The van der Waals surface area contributed by atoms with Crippen molar-refractivity contribution in [2.24, 2.45) is 11.3 Å². The molecule has 0 aromatic carbocycles. The summed E-state index contributed by atoms with van der Waals surface area (Å²) in [6.45, 7) is 1.96. The molecule has 2 aliphatic carbocycles. The summed E-state index contributed by atoms with van der Waals surface area (Å²) in [5.41, 5.74) is -0.843. The third-order valence-electron chi connectivity index (χ3n) is 5.83. The summed E-state index contributed by atoms with van der Waals surface area (Å²) in [6.07, 6.45) is 8.13. The maximum atomic E-state index is 12.6. The van der Waals surface area contributed by atoms with E-state index in [1.807, 2.05) is 0 Å². The van der Waals surface area contributed by atoms with Crippen molar-refractivity contribution < 1.29 is 14.7 Å². The third kappa shape index (κ3) is 2.80. The van der Waals surface area contributed by atoms with Gasteiger partial charge >= 0.3 is 5.97 Å². The maximum absolute atomic E-state index is 12.6. The standard InChI is InChI=1S/C16H26N2O3/c19-13(12-11-15(12)7-9-17-10-8-15)18-16(14(20)21)5-3-1-2-4-6-16/h12,17H,1-11H2,(H,18,19)(H,20,21). The first-order chi connectivity index (χ1) is 10.1. The Labute approximate surface area is 125 Å². The van der Waals surface area contributed by atoms with Crippen molar-refractivity contribution in [3.05, 3.63) is 0 Å². The van der Waals surface area contributed by atoms with Gasteiger partial charge in [-0.3, -0.25) is 4.79 Å². The number of carboxylic acids is 1. The number of aliphatic carboxylic acids is 1. The lowest BCUT2D eigenvalue weighted by Gasteiger charge is -2.30. The van der Waals surface area contributed by atoms with Crippen LogP contribution in [0.4, 0.5) is 0 Å². The zero-order valence-corrected chi connectivity index (χ0v) is 12.6. The van der Waals surface area contributed by atoms with Crippen LogP contribution in [0.1, 0.15) is 57.8 Å². The molecule has 1 atom stereocenters. The van der Waals surface area contributed by atoms with Crippen LogP contribution in [0.15, 0.2) is 0 Å². The molecule has 5 heteroatoms. The van der Waals surface area contributed by atoms with Gasteiger partial charge in [0.15, 0.2) is 0 Å². The SMILES string of the molecule is O=C(NC1(C(=O)O)CCCCCC1)C1CC12CCNCC2. The molecule has 3 N–H and O–H groups in total. The first-order valence-electron chi connectivity index (χ1n) is 8.34. The molecule has 1 aliphatic heterocycles. The van der Waals surface area contributed by atoms with Gasteiger partial charge in [-0.25, -0.2) is 4.79 Å². The Kier molecular flexibility index (Phi) is 3.95. The molecule has 0 radical (unpaired) electrons. The Bertz CT molecular complexity index is 421. The molecule has 0 aromatic rings. The number of hydrogen-bond donors (Lipinski definition) is 3. The molecule has 118 valence electrons. The van der Waals surface area contributed by atoms with E-state index in [1.165, 1.54) is 0 Å². The van der Waals surface area contributed by atoms with Crippen LogP contribution in [0.2, 0.25) is 0 Å². The van der Waals surface area contributed by atoms with E-state index >= 15 is 0 Å². The van der Waals surface area contributed by atoms with Crippen LogP contribution in [0.25, 0.3) is 0 Å². The smallest absolute Gasteiger partial charge is 0.329 e. The van der Waals surface area contributed by atoms with Crippen LogP contribution in [-0.4, -0.2) is 35.6 Å². The fourth-order valence-corrected chi connectivity index (χ4v) is 4.24. The molecule has 2 saturated carbocycles. The number of hydrogen-bond acceptors (Lipinski definition) is 3. The van der Waals surface area contributed by atoms with Crippen LogP contribution in [0, 0.1) is 11.3 Å². The quantitative estimate of drug-likeness (QED) is 0.692. The number of carboxylic acid groups (broad SMARTS) is 1. The molecule has 21 heavy (non-hydrogen) atoms. The second-order valence-corrected chi connectivity index (χ2v) is 7.16. The summed E-state index contributed by atoms with van der Waals surface area (Å²) >= 11 is 0. The number of carbonyl (C=O) groups excluding carboxylic acids is 1. The fraction of sp³-hybridized carbons (Fsp3) is 0.875. The van der Waals surface area contributed by atoms with E-state index in [9.17, 15) is 14.7 Å². The molecule has 1 amide bonds. The van der Waals surface area contributed by atoms with Gasteiger partial charge in [-0.05, 0) is 50.6 Å². The van der Waals surface area contributed by atoms with Crippen molar-refractivity contribution in [3.63, 3.8) is 0 Å². The van der Waals surface area contributed by atoms with Gasteiger partial charge in [0, 0.05) is 5.92 Å². The zero-order chi connectivity index (χ0) is 14.9. The topological polar surface area (TPSA) is 78.4 Å². The molecular weight excluding hydrogens is 268 g/mol. The number of piperidine rings is 1. The van der Waals surface area contributed by atoms with E-state index in [-0.39, 0.29) is 17.2 Å². The van der Waals surface area contributed by atoms with Crippen LogP contribution >= 0.6 is 0 Å². The van der Waals surface area contributed by atoms with E-state index < -0.39 is 11.5 Å². The number of nitrogens with one attached hydrogen (secondary N) is 2. The lowest BCUT2D eigenvalue weighted by molar-refractivity contribution is -0.148. The summed E-state index contributed by atoms with van der Waals surface area (Å²) in [5.74, 6) is -0.821. The van der Waals surface area contributed by atoms with Gasteiger partial charge in [0.1, 0.15) is 5.54 Å². The highest BCUT2D eigenvalue weighted by Crippen LogP contribution is 2.58. The average Bonchev–Trinajstić information content (AvgIpc) is 3.20. The summed E-state index contributed by atoms with van der Waals surface area (Å²) < 4.78 is 0. The van der Waals surface area contributed by atoms with Gasteiger partial charge in [0.25, 0.3) is 0 Å².